The van der Waals surface area contributed by atoms with E-state index in [0.29, 0.717) is 12.1 Å². The summed E-state index contributed by atoms with van der Waals surface area (Å²) in [6.45, 7) is 4.78. The minimum absolute atomic E-state index is 0.232. The minimum atomic E-state index is -0.232. The van der Waals surface area contributed by atoms with Crippen molar-refractivity contribution in [3.05, 3.63) is 12.3 Å². The average Bonchev–Trinajstić information content (AvgIpc) is 2.15. The molecule has 3 unspecified atom stereocenters. The Kier molecular flexibility index (Phi) is 4.98. The van der Waals surface area contributed by atoms with Crippen LogP contribution in [0.25, 0.3) is 0 Å². The minimum Gasteiger partial charge on any atom is -0.497 e. The van der Waals surface area contributed by atoms with Crippen molar-refractivity contribution in [1.82, 2.24) is 5.32 Å². The fourth-order valence-electron chi connectivity index (χ4n) is 1.66. The van der Waals surface area contributed by atoms with Crippen LogP contribution in [0.2, 0.25) is 0 Å². The van der Waals surface area contributed by atoms with E-state index in [-0.39, 0.29) is 6.10 Å². The van der Waals surface area contributed by atoms with E-state index in [9.17, 15) is 5.11 Å². The van der Waals surface area contributed by atoms with E-state index in [2.05, 4.69) is 18.3 Å². The molecule has 0 radical (unpaired) electrons. The maximum Gasteiger partial charge on any atom is 0.110 e. The highest BCUT2D eigenvalue weighted by Gasteiger charge is 2.12. The fraction of sp³-hybridized carbons (Fsp3) is 0.818. The highest BCUT2D eigenvalue weighted by atomic mass is 16.5. The Hall–Kier alpha value is -0.540. The predicted molar refractivity (Wildman–Crippen MR) is 57.0 cm³/mol. The molecule has 0 aromatic heterocycles. The van der Waals surface area contributed by atoms with Gasteiger partial charge in [-0.1, -0.05) is 0 Å². The molecule has 14 heavy (non-hydrogen) atoms. The number of allylic oxidation sites excluding steroid dienone is 1. The Labute approximate surface area is 86.2 Å². The molecule has 0 aromatic carbocycles. The summed E-state index contributed by atoms with van der Waals surface area (Å²) in [6, 6.07) is 0.351. The maximum atomic E-state index is 9.18. The molecule has 0 amide bonds. The van der Waals surface area contributed by atoms with Gasteiger partial charge >= 0.3 is 0 Å². The first-order chi connectivity index (χ1) is 6.68. The molecule has 1 rings (SSSR count). The largest absolute Gasteiger partial charge is 0.497 e. The number of hydrogen-bond acceptors (Lipinski definition) is 3. The molecule has 0 aromatic rings. The zero-order valence-electron chi connectivity index (χ0n) is 9.07. The lowest BCUT2D eigenvalue weighted by Gasteiger charge is -2.22. The van der Waals surface area contributed by atoms with Crippen LogP contribution in [0.15, 0.2) is 12.3 Å². The van der Waals surface area contributed by atoms with Crippen LogP contribution in [0.1, 0.15) is 33.1 Å². The molecule has 0 aliphatic carbocycles. The normalized spacial score (nSPS) is 25.5. The van der Waals surface area contributed by atoms with Gasteiger partial charge in [-0.05, 0) is 39.2 Å². The molecule has 1 heterocycles. The molecule has 3 nitrogen and oxygen atoms in total. The van der Waals surface area contributed by atoms with Gasteiger partial charge in [-0.2, -0.15) is 0 Å². The van der Waals surface area contributed by atoms with Crippen molar-refractivity contribution in [2.45, 2.75) is 51.4 Å². The quantitative estimate of drug-likeness (QED) is 0.704. The van der Waals surface area contributed by atoms with Crippen LogP contribution in [0, 0.1) is 0 Å². The lowest BCUT2D eigenvalue weighted by molar-refractivity contribution is 0.114. The third-order valence-corrected chi connectivity index (χ3v) is 2.41. The van der Waals surface area contributed by atoms with E-state index >= 15 is 0 Å². The summed E-state index contributed by atoms with van der Waals surface area (Å²) < 4.78 is 5.43. The predicted octanol–water partition coefficient (Wildman–Crippen LogP) is 1.43. The third-order valence-electron chi connectivity index (χ3n) is 2.41. The van der Waals surface area contributed by atoms with Gasteiger partial charge in [-0.3, -0.25) is 0 Å². The van der Waals surface area contributed by atoms with E-state index in [0.717, 1.165) is 25.8 Å². The molecule has 1 aliphatic heterocycles. The Morgan fingerprint density at radius 1 is 1.57 bits per heavy atom. The van der Waals surface area contributed by atoms with Crippen molar-refractivity contribution < 1.29 is 9.84 Å². The zero-order valence-corrected chi connectivity index (χ0v) is 9.07. The van der Waals surface area contributed by atoms with Gasteiger partial charge in [-0.25, -0.2) is 0 Å². The summed E-state index contributed by atoms with van der Waals surface area (Å²) in [6.07, 6.45) is 6.90. The van der Waals surface area contributed by atoms with Crippen molar-refractivity contribution in [1.29, 1.82) is 0 Å². The van der Waals surface area contributed by atoms with E-state index in [4.69, 9.17) is 4.74 Å². The average molecular weight is 199 g/mol. The summed E-state index contributed by atoms with van der Waals surface area (Å²) in [4.78, 5) is 0. The van der Waals surface area contributed by atoms with Gasteiger partial charge in [0.1, 0.15) is 6.10 Å². The topological polar surface area (TPSA) is 41.5 Å². The van der Waals surface area contributed by atoms with Gasteiger partial charge < -0.3 is 15.2 Å². The number of rotatable bonds is 5. The van der Waals surface area contributed by atoms with Crippen LogP contribution in [0.5, 0.6) is 0 Å². The van der Waals surface area contributed by atoms with Crippen molar-refractivity contribution in [3.63, 3.8) is 0 Å². The van der Waals surface area contributed by atoms with Gasteiger partial charge in [0.15, 0.2) is 0 Å². The van der Waals surface area contributed by atoms with E-state index in [1.165, 1.54) is 0 Å². The Balaban J connectivity index is 2.10. The molecule has 3 heteroatoms. The van der Waals surface area contributed by atoms with Crippen molar-refractivity contribution in [3.8, 4) is 0 Å². The van der Waals surface area contributed by atoms with Crippen LogP contribution < -0.4 is 5.32 Å². The number of ether oxygens (including phenoxy) is 1. The highest BCUT2D eigenvalue weighted by Crippen LogP contribution is 2.09. The molecule has 82 valence electrons. The van der Waals surface area contributed by atoms with E-state index < -0.39 is 0 Å². The second-order valence-corrected chi connectivity index (χ2v) is 4.10. The lowest BCUT2D eigenvalue weighted by atomic mass is 10.1. The van der Waals surface area contributed by atoms with Crippen molar-refractivity contribution in [2.75, 3.05) is 6.54 Å². The number of aliphatic hydroxyl groups excluding tert-OH is 1. The second-order valence-electron chi connectivity index (χ2n) is 4.10. The van der Waals surface area contributed by atoms with Crippen LogP contribution >= 0.6 is 0 Å². The summed E-state index contributed by atoms with van der Waals surface area (Å²) >= 11 is 0. The molecule has 1 aliphatic rings. The molecule has 0 fully saturated rings. The van der Waals surface area contributed by atoms with Crippen molar-refractivity contribution >= 4 is 0 Å². The Bertz CT molecular complexity index is 180. The van der Waals surface area contributed by atoms with Crippen LogP contribution in [0.3, 0.4) is 0 Å². The lowest BCUT2D eigenvalue weighted by Crippen LogP contribution is -2.36. The smallest absolute Gasteiger partial charge is 0.110 e. The van der Waals surface area contributed by atoms with Gasteiger partial charge in [0, 0.05) is 12.6 Å². The van der Waals surface area contributed by atoms with Gasteiger partial charge in [0.25, 0.3) is 0 Å². The van der Waals surface area contributed by atoms with E-state index in [1.54, 1.807) is 6.26 Å². The van der Waals surface area contributed by atoms with Gasteiger partial charge in [-0.15, -0.1) is 0 Å². The first kappa shape index (κ1) is 11.5. The highest BCUT2D eigenvalue weighted by molar-refractivity contribution is 4.83. The molecule has 0 saturated heterocycles. The fourth-order valence-corrected chi connectivity index (χ4v) is 1.66. The summed E-state index contributed by atoms with van der Waals surface area (Å²) in [5.41, 5.74) is 0. The van der Waals surface area contributed by atoms with Gasteiger partial charge in [0.05, 0.1) is 12.4 Å². The summed E-state index contributed by atoms with van der Waals surface area (Å²) in [5, 5.41) is 12.5. The molecular formula is C11H21NO2. The SMILES string of the molecule is CC(O)CC(C)NCC1CCC=CO1. The zero-order chi connectivity index (χ0) is 10.4. The standard InChI is InChI=1S/C11H21NO2/c1-9(7-10(2)13)12-8-11-5-3-4-6-14-11/h4,6,9-13H,3,5,7-8H2,1-2H3. The first-order valence-electron chi connectivity index (χ1n) is 5.40. The van der Waals surface area contributed by atoms with Gasteiger partial charge in [0.2, 0.25) is 0 Å². The first-order valence-corrected chi connectivity index (χ1v) is 5.40. The molecule has 0 bridgehead atoms. The van der Waals surface area contributed by atoms with Crippen LogP contribution in [0.4, 0.5) is 0 Å². The Morgan fingerprint density at radius 2 is 2.36 bits per heavy atom. The third kappa shape index (κ3) is 4.63. The molecule has 0 spiro atoms. The number of hydrogen-bond donors (Lipinski definition) is 2. The monoisotopic (exact) mass is 199 g/mol. The van der Waals surface area contributed by atoms with Crippen LogP contribution in [-0.2, 0) is 4.74 Å². The van der Waals surface area contributed by atoms with Crippen LogP contribution in [-0.4, -0.2) is 29.9 Å². The summed E-state index contributed by atoms with van der Waals surface area (Å²) in [7, 11) is 0. The molecular weight excluding hydrogens is 178 g/mol. The maximum absolute atomic E-state index is 9.18. The van der Waals surface area contributed by atoms with Crippen molar-refractivity contribution in [2.24, 2.45) is 0 Å². The molecule has 2 N–H and O–H groups in total. The second kappa shape index (κ2) is 6.04. The summed E-state index contributed by atoms with van der Waals surface area (Å²) in [5.74, 6) is 0. The molecule has 3 atom stereocenters. The molecule has 0 saturated carbocycles. The Morgan fingerprint density at radius 3 is 2.93 bits per heavy atom. The number of nitrogens with one attached hydrogen (secondary N) is 1. The van der Waals surface area contributed by atoms with E-state index in [1.807, 2.05) is 6.92 Å². The number of aliphatic hydroxyl groups is 1.